The van der Waals surface area contributed by atoms with Gasteiger partial charge in [-0.25, -0.2) is 0 Å². The first-order valence-corrected chi connectivity index (χ1v) is 7.95. The van der Waals surface area contributed by atoms with Gasteiger partial charge in [-0.2, -0.15) is 10.2 Å². The monoisotopic (exact) mass is 363 g/mol. The lowest BCUT2D eigenvalue weighted by Crippen LogP contribution is -2.12. The minimum absolute atomic E-state index is 0.314. The zero-order valence-electron chi connectivity index (χ0n) is 13.3. The van der Waals surface area contributed by atoms with E-state index in [1.165, 1.54) is 0 Å². The van der Waals surface area contributed by atoms with Gasteiger partial charge in [-0.15, -0.1) is 0 Å². The molecule has 0 unspecified atom stereocenters. The molecule has 24 heavy (non-hydrogen) atoms. The maximum atomic E-state index is 12.4. The summed E-state index contributed by atoms with van der Waals surface area (Å²) in [4.78, 5) is 12.4. The molecule has 0 saturated carbocycles. The molecular weight excluding hydrogens is 349 g/mol. The van der Waals surface area contributed by atoms with Crippen molar-refractivity contribution in [3.63, 3.8) is 0 Å². The lowest BCUT2D eigenvalue weighted by Gasteiger charge is -2.04. The number of hydrogen-bond donors (Lipinski definition) is 2. The predicted molar refractivity (Wildman–Crippen MR) is 94.7 cm³/mol. The summed E-state index contributed by atoms with van der Waals surface area (Å²) in [6.07, 6.45) is 0. The van der Waals surface area contributed by atoms with Crippen LogP contribution in [0.25, 0.3) is 11.3 Å². The van der Waals surface area contributed by atoms with Crippen LogP contribution in [0.4, 0.5) is 5.69 Å². The van der Waals surface area contributed by atoms with Crippen molar-refractivity contribution in [1.29, 1.82) is 0 Å². The molecular formula is C16H15Cl2N5O. The molecule has 3 aromatic rings. The molecule has 124 valence electrons. The van der Waals surface area contributed by atoms with Gasteiger partial charge in [-0.05, 0) is 38.1 Å². The Hall–Kier alpha value is -2.31. The van der Waals surface area contributed by atoms with E-state index in [1.54, 1.807) is 28.9 Å². The van der Waals surface area contributed by atoms with Crippen molar-refractivity contribution in [1.82, 2.24) is 20.0 Å². The van der Waals surface area contributed by atoms with Crippen LogP contribution in [-0.4, -0.2) is 25.9 Å². The first-order chi connectivity index (χ1) is 11.4. The van der Waals surface area contributed by atoms with Crippen LogP contribution >= 0.6 is 23.2 Å². The van der Waals surface area contributed by atoms with Crippen LogP contribution in [0.5, 0.6) is 0 Å². The SMILES string of the molecule is Cc1nn(C)c(C)c1-c1cc(C(=O)Nc2ccc(Cl)c(Cl)c2)[nH]n1. The van der Waals surface area contributed by atoms with Crippen LogP contribution < -0.4 is 5.32 Å². The van der Waals surface area contributed by atoms with E-state index in [0.29, 0.717) is 27.1 Å². The minimum Gasteiger partial charge on any atom is -0.321 e. The molecule has 3 rings (SSSR count). The van der Waals surface area contributed by atoms with E-state index >= 15 is 0 Å². The number of nitrogens with one attached hydrogen (secondary N) is 2. The predicted octanol–water partition coefficient (Wildman–Crippen LogP) is 3.99. The molecule has 1 amide bonds. The Morgan fingerprint density at radius 1 is 1.21 bits per heavy atom. The lowest BCUT2D eigenvalue weighted by molar-refractivity contribution is 0.102. The van der Waals surface area contributed by atoms with Crippen LogP contribution in [0.3, 0.4) is 0 Å². The van der Waals surface area contributed by atoms with Gasteiger partial charge in [-0.1, -0.05) is 23.2 Å². The molecule has 2 heterocycles. The van der Waals surface area contributed by atoms with Crippen molar-refractivity contribution >= 4 is 34.8 Å². The summed E-state index contributed by atoms with van der Waals surface area (Å²) in [5, 5.41) is 14.9. The van der Waals surface area contributed by atoms with Crippen LogP contribution in [-0.2, 0) is 7.05 Å². The Kier molecular flexibility index (Phi) is 4.34. The highest BCUT2D eigenvalue weighted by molar-refractivity contribution is 6.42. The first-order valence-electron chi connectivity index (χ1n) is 7.19. The summed E-state index contributed by atoms with van der Waals surface area (Å²) in [5.74, 6) is -0.314. The molecule has 0 spiro atoms. The van der Waals surface area contributed by atoms with Crippen LogP contribution in [0.15, 0.2) is 24.3 Å². The number of aromatic amines is 1. The molecule has 6 nitrogen and oxygen atoms in total. The van der Waals surface area contributed by atoms with Crippen LogP contribution in [0, 0.1) is 13.8 Å². The quantitative estimate of drug-likeness (QED) is 0.738. The number of halogens is 2. The zero-order valence-corrected chi connectivity index (χ0v) is 14.8. The van der Waals surface area contributed by atoms with Gasteiger partial charge in [0.25, 0.3) is 5.91 Å². The third-order valence-electron chi connectivity index (χ3n) is 3.77. The van der Waals surface area contributed by atoms with Crippen molar-refractivity contribution in [2.45, 2.75) is 13.8 Å². The first kappa shape index (κ1) is 16.5. The van der Waals surface area contributed by atoms with Crippen LogP contribution in [0.1, 0.15) is 21.9 Å². The Morgan fingerprint density at radius 2 is 1.96 bits per heavy atom. The molecule has 1 aromatic carbocycles. The van der Waals surface area contributed by atoms with Gasteiger partial charge >= 0.3 is 0 Å². The van der Waals surface area contributed by atoms with E-state index in [-0.39, 0.29) is 5.91 Å². The Balaban J connectivity index is 1.84. The summed E-state index contributed by atoms with van der Waals surface area (Å²) in [5.41, 5.74) is 4.34. The van der Waals surface area contributed by atoms with Crippen molar-refractivity contribution in [2.24, 2.45) is 7.05 Å². The number of carbonyl (C=O) groups is 1. The van der Waals surface area contributed by atoms with E-state index < -0.39 is 0 Å². The summed E-state index contributed by atoms with van der Waals surface area (Å²) < 4.78 is 1.79. The van der Waals surface area contributed by atoms with Gasteiger partial charge in [-0.3, -0.25) is 14.6 Å². The van der Waals surface area contributed by atoms with E-state index in [9.17, 15) is 4.79 Å². The summed E-state index contributed by atoms with van der Waals surface area (Å²) >= 11 is 11.8. The van der Waals surface area contributed by atoms with E-state index in [0.717, 1.165) is 17.0 Å². The van der Waals surface area contributed by atoms with Gasteiger partial charge in [0.05, 0.1) is 21.4 Å². The fraction of sp³-hybridized carbons (Fsp3) is 0.188. The third-order valence-corrected chi connectivity index (χ3v) is 4.50. The van der Waals surface area contributed by atoms with Crippen molar-refractivity contribution in [3.8, 4) is 11.3 Å². The zero-order chi connectivity index (χ0) is 17.4. The van der Waals surface area contributed by atoms with Crippen molar-refractivity contribution < 1.29 is 4.79 Å². The molecule has 0 aliphatic heterocycles. The molecule has 8 heteroatoms. The van der Waals surface area contributed by atoms with Gasteiger partial charge < -0.3 is 5.32 Å². The largest absolute Gasteiger partial charge is 0.321 e. The maximum Gasteiger partial charge on any atom is 0.273 e. The number of aromatic nitrogens is 4. The van der Waals surface area contributed by atoms with E-state index in [1.807, 2.05) is 20.9 Å². The number of hydrogen-bond acceptors (Lipinski definition) is 3. The fourth-order valence-corrected chi connectivity index (χ4v) is 2.78. The molecule has 0 fully saturated rings. The smallest absolute Gasteiger partial charge is 0.273 e. The van der Waals surface area contributed by atoms with Gasteiger partial charge in [0.1, 0.15) is 5.69 Å². The van der Waals surface area contributed by atoms with Gasteiger partial charge in [0, 0.05) is 24.0 Å². The number of rotatable bonds is 3. The topological polar surface area (TPSA) is 75.6 Å². The standard InChI is InChI=1S/C16H15Cl2N5O/c1-8-15(9(2)23(3)22-8)13-7-14(21-20-13)16(24)19-10-4-5-11(17)12(18)6-10/h4-7H,1-3H3,(H,19,24)(H,20,21). The number of anilines is 1. The van der Waals surface area contributed by atoms with Crippen molar-refractivity contribution in [2.75, 3.05) is 5.32 Å². The maximum absolute atomic E-state index is 12.4. The molecule has 0 saturated heterocycles. The Bertz CT molecular complexity index is 929. The normalized spacial score (nSPS) is 10.9. The number of amides is 1. The summed E-state index contributed by atoms with van der Waals surface area (Å²) in [7, 11) is 1.87. The van der Waals surface area contributed by atoms with E-state index in [2.05, 4.69) is 20.6 Å². The number of H-pyrrole nitrogens is 1. The molecule has 2 aromatic heterocycles. The number of aryl methyl sites for hydroxylation is 2. The summed E-state index contributed by atoms with van der Waals surface area (Å²) in [6, 6.07) is 6.59. The lowest BCUT2D eigenvalue weighted by atomic mass is 10.1. The summed E-state index contributed by atoms with van der Waals surface area (Å²) in [6.45, 7) is 3.87. The number of carbonyl (C=O) groups excluding carboxylic acids is 1. The highest BCUT2D eigenvalue weighted by Gasteiger charge is 2.17. The average molecular weight is 364 g/mol. The second kappa shape index (κ2) is 6.30. The molecule has 0 aliphatic rings. The third kappa shape index (κ3) is 3.02. The fourth-order valence-electron chi connectivity index (χ4n) is 2.48. The van der Waals surface area contributed by atoms with Gasteiger partial charge in [0.15, 0.2) is 0 Å². The van der Waals surface area contributed by atoms with Gasteiger partial charge in [0.2, 0.25) is 0 Å². The second-order valence-electron chi connectivity index (χ2n) is 5.42. The highest BCUT2D eigenvalue weighted by atomic mass is 35.5. The average Bonchev–Trinajstić information content (AvgIpc) is 3.09. The molecule has 0 aliphatic carbocycles. The Morgan fingerprint density at radius 3 is 2.58 bits per heavy atom. The highest BCUT2D eigenvalue weighted by Crippen LogP contribution is 2.27. The number of benzene rings is 1. The second-order valence-corrected chi connectivity index (χ2v) is 6.23. The van der Waals surface area contributed by atoms with Crippen LogP contribution in [0.2, 0.25) is 10.0 Å². The molecule has 0 bridgehead atoms. The molecule has 0 atom stereocenters. The van der Waals surface area contributed by atoms with E-state index in [4.69, 9.17) is 23.2 Å². The molecule has 2 N–H and O–H groups in total. The van der Waals surface area contributed by atoms with Crippen molar-refractivity contribution in [3.05, 3.63) is 51.4 Å². The Labute approximate surface area is 148 Å². The minimum atomic E-state index is -0.314. The molecule has 0 radical (unpaired) electrons. The number of nitrogens with zero attached hydrogens (tertiary/aromatic N) is 3.